The Morgan fingerprint density at radius 3 is 2.61 bits per heavy atom. The molecule has 0 aliphatic heterocycles. The van der Waals surface area contributed by atoms with Crippen LogP contribution in [0.5, 0.6) is 11.5 Å². The summed E-state index contributed by atoms with van der Waals surface area (Å²) in [7, 11) is 1.55. The zero-order chi connectivity index (χ0) is 20.7. The number of ether oxygens (including phenoxy) is 2. The van der Waals surface area contributed by atoms with Gasteiger partial charge in [0.2, 0.25) is 0 Å². The molecule has 2 aromatic carbocycles. The fourth-order valence-corrected chi connectivity index (χ4v) is 2.59. The number of rotatable bonds is 7. The molecule has 1 amide bonds. The zero-order valence-electron chi connectivity index (χ0n) is 15.8. The van der Waals surface area contributed by atoms with Crippen LogP contribution < -0.4 is 14.8 Å². The number of nitrogens with zero attached hydrogens (tertiary/aromatic N) is 1. The van der Waals surface area contributed by atoms with Gasteiger partial charge >= 0.3 is 0 Å². The van der Waals surface area contributed by atoms with Crippen LogP contribution in [0.15, 0.2) is 42.0 Å². The molecule has 5 nitrogen and oxygen atoms in total. The summed E-state index contributed by atoms with van der Waals surface area (Å²) < 4.78 is 11.1. The van der Waals surface area contributed by atoms with Gasteiger partial charge < -0.3 is 14.8 Å². The van der Waals surface area contributed by atoms with E-state index in [4.69, 9.17) is 32.7 Å². The van der Waals surface area contributed by atoms with Crippen molar-refractivity contribution in [1.29, 1.82) is 5.26 Å². The lowest BCUT2D eigenvalue weighted by Gasteiger charge is -2.13. The third-order valence-electron chi connectivity index (χ3n) is 3.61. The molecule has 0 radical (unpaired) electrons. The average molecular weight is 419 g/mol. The van der Waals surface area contributed by atoms with E-state index in [-0.39, 0.29) is 5.57 Å². The predicted molar refractivity (Wildman–Crippen MR) is 112 cm³/mol. The topological polar surface area (TPSA) is 71.3 Å². The number of carbonyl (C=O) groups is 1. The summed E-state index contributed by atoms with van der Waals surface area (Å²) >= 11 is 12.0. The van der Waals surface area contributed by atoms with Crippen molar-refractivity contribution in [1.82, 2.24) is 0 Å². The molecular formula is C21H20Cl2N2O3. The first-order valence-corrected chi connectivity index (χ1v) is 9.28. The fraction of sp³-hybridized carbons (Fsp3) is 0.238. The van der Waals surface area contributed by atoms with Crippen LogP contribution in [0.2, 0.25) is 10.0 Å². The molecule has 7 heteroatoms. The minimum Gasteiger partial charge on any atom is -0.493 e. The second-order valence-corrected chi connectivity index (χ2v) is 7.21. The number of nitriles is 1. The largest absolute Gasteiger partial charge is 0.493 e. The van der Waals surface area contributed by atoms with Gasteiger partial charge in [0, 0.05) is 5.02 Å². The van der Waals surface area contributed by atoms with Crippen molar-refractivity contribution in [3.8, 4) is 17.6 Å². The van der Waals surface area contributed by atoms with E-state index in [1.54, 1.807) is 37.4 Å². The molecule has 0 saturated carbocycles. The molecule has 28 heavy (non-hydrogen) atoms. The number of halogens is 2. The summed E-state index contributed by atoms with van der Waals surface area (Å²) in [6.45, 7) is 4.59. The van der Waals surface area contributed by atoms with E-state index in [0.717, 1.165) is 0 Å². The minimum atomic E-state index is -0.591. The number of amides is 1. The third kappa shape index (κ3) is 5.91. The van der Waals surface area contributed by atoms with Gasteiger partial charge in [-0.25, -0.2) is 0 Å². The fourth-order valence-electron chi connectivity index (χ4n) is 2.25. The van der Waals surface area contributed by atoms with Crippen LogP contribution in [0.4, 0.5) is 5.69 Å². The van der Waals surface area contributed by atoms with Crippen LogP contribution in [0.25, 0.3) is 6.08 Å². The lowest BCUT2D eigenvalue weighted by molar-refractivity contribution is -0.112. The van der Waals surface area contributed by atoms with E-state index >= 15 is 0 Å². The molecule has 2 aromatic rings. The summed E-state index contributed by atoms with van der Waals surface area (Å²) in [5.41, 5.74) is 0.871. The predicted octanol–water partition coefficient (Wildman–Crippen LogP) is 5.58. The van der Waals surface area contributed by atoms with Gasteiger partial charge in [0.05, 0.1) is 24.4 Å². The highest BCUT2D eigenvalue weighted by molar-refractivity contribution is 6.36. The average Bonchev–Trinajstić information content (AvgIpc) is 2.67. The second-order valence-electron chi connectivity index (χ2n) is 6.36. The number of hydrogen-bond acceptors (Lipinski definition) is 4. The van der Waals surface area contributed by atoms with Crippen molar-refractivity contribution in [2.45, 2.75) is 13.8 Å². The molecule has 0 aromatic heterocycles. The number of nitrogens with one attached hydrogen (secondary N) is 1. The molecule has 0 atom stereocenters. The van der Waals surface area contributed by atoms with E-state index in [1.165, 1.54) is 12.1 Å². The first-order chi connectivity index (χ1) is 13.3. The molecule has 0 saturated heterocycles. The van der Waals surface area contributed by atoms with E-state index < -0.39 is 5.91 Å². The van der Waals surface area contributed by atoms with Gasteiger partial charge in [-0.05, 0) is 47.9 Å². The number of hydrogen-bond donors (Lipinski definition) is 1. The van der Waals surface area contributed by atoms with Crippen LogP contribution in [0, 0.1) is 17.2 Å². The number of methoxy groups -OCH3 is 1. The van der Waals surface area contributed by atoms with E-state index in [1.807, 2.05) is 19.9 Å². The Morgan fingerprint density at radius 2 is 1.96 bits per heavy atom. The quantitative estimate of drug-likeness (QED) is 0.470. The monoisotopic (exact) mass is 418 g/mol. The van der Waals surface area contributed by atoms with Gasteiger partial charge in [-0.3, -0.25) is 4.79 Å². The molecule has 0 spiro atoms. The molecule has 146 valence electrons. The van der Waals surface area contributed by atoms with Crippen molar-refractivity contribution in [3.05, 3.63) is 57.6 Å². The van der Waals surface area contributed by atoms with E-state index in [0.29, 0.717) is 45.3 Å². The summed E-state index contributed by atoms with van der Waals surface area (Å²) in [4.78, 5) is 12.5. The Labute approximate surface area is 174 Å². The van der Waals surface area contributed by atoms with Crippen molar-refractivity contribution in [3.63, 3.8) is 0 Å². The van der Waals surface area contributed by atoms with Crippen LogP contribution in [0.1, 0.15) is 19.4 Å². The summed E-state index contributed by atoms with van der Waals surface area (Å²) in [6, 6.07) is 11.8. The van der Waals surface area contributed by atoms with Crippen molar-refractivity contribution in [2.75, 3.05) is 19.0 Å². The first-order valence-electron chi connectivity index (χ1n) is 8.53. The van der Waals surface area contributed by atoms with E-state index in [9.17, 15) is 10.1 Å². The smallest absolute Gasteiger partial charge is 0.266 e. The van der Waals surface area contributed by atoms with Gasteiger partial charge in [0.25, 0.3) is 5.91 Å². The van der Waals surface area contributed by atoms with Crippen molar-refractivity contribution < 1.29 is 14.3 Å². The Kier molecular flexibility index (Phi) is 7.74. The molecule has 2 rings (SSSR count). The molecule has 0 aliphatic rings. The van der Waals surface area contributed by atoms with Gasteiger partial charge in [-0.15, -0.1) is 0 Å². The lowest BCUT2D eigenvalue weighted by Crippen LogP contribution is -2.13. The second kappa shape index (κ2) is 10.0. The highest BCUT2D eigenvalue weighted by Crippen LogP contribution is 2.30. The lowest BCUT2D eigenvalue weighted by atomic mass is 10.1. The Morgan fingerprint density at radius 1 is 1.21 bits per heavy atom. The molecule has 0 bridgehead atoms. The molecule has 1 N–H and O–H groups in total. The Balaban J connectivity index is 2.27. The maximum absolute atomic E-state index is 12.5. The van der Waals surface area contributed by atoms with Gasteiger partial charge in [-0.1, -0.05) is 43.1 Å². The normalized spacial score (nSPS) is 11.1. The molecule has 0 heterocycles. The number of anilines is 1. The van der Waals surface area contributed by atoms with Gasteiger partial charge in [0.1, 0.15) is 11.6 Å². The maximum Gasteiger partial charge on any atom is 0.266 e. The highest BCUT2D eigenvalue weighted by atomic mass is 35.5. The minimum absolute atomic E-state index is 0.0870. The number of carbonyl (C=O) groups excluding carboxylic acids is 1. The molecule has 0 unspecified atom stereocenters. The molecular weight excluding hydrogens is 399 g/mol. The third-order valence-corrected chi connectivity index (χ3v) is 4.18. The standard InChI is InChI=1S/C21H20Cl2N2O3/c1-13(2)12-28-20-9-14(4-7-19(20)27-3)8-15(11-24)21(26)25-18-10-16(22)5-6-17(18)23/h4-10,13H,12H2,1-3H3,(H,25,26)/b15-8+. The zero-order valence-corrected chi connectivity index (χ0v) is 17.3. The highest BCUT2D eigenvalue weighted by Gasteiger charge is 2.13. The van der Waals surface area contributed by atoms with E-state index in [2.05, 4.69) is 5.32 Å². The molecule has 0 fully saturated rings. The Bertz CT molecular complexity index is 934. The number of benzene rings is 2. The summed E-state index contributed by atoms with van der Waals surface area (Å²) in [6.07, 6.45) is 1.47. The van der Waals surface area contributed by atoms with Crippen molar-refractivity contribution >= 4 is 40.9 Å². The summed E-state index contributed by atoms with van der Waals surface area (Å²) in [5, 5.41) is 12.8. The SMILES string of the molecule is COc1ccc(/C=C(\C#N)C(=O)Nc2cc(Cl)ccc2Cl)cc1OCC(C)C. The van der Waals surface area contributed by atoms with Crippen molar-refractivity contribution in [2.24, 2.45) is 5.92 Å². The van der Waals surface area contributed by atoms with Gasteiger partial charge in [-0.2, -0.15) is 5.26 Å². The molecule has 0 aliphatic carbocycles. The van der Waals surface area contributed by atoms with Crippen LogP contribution >= 0.6 is 23.2 Å². The van der Waals surface area contributed by atoms with Crippen LogP contribution in [0.3, 0.4) is 0 Å². The van der Waals surface area contributed by atoms with Crippen LogP contribution in [-0.2, 0) is 4.79 Å². The summed E-state index contributed by atoms with van der Waals surface area (Å²) in [5.74, 6) is 0.867. The maximum atomic E-state index is 12.5. The van der Waals surface area contributed by atoms with Gasteiger partial charge in [0.15, 0.2) is 11.5 Å². The Hall–Kier alpha value is -2.68. The first kappa shape index (κ1) is 21.6. The van der Waals surface area contributed by atoms with Crippen LogP contribution in [-0.4, -0.2) is 19.6 Å².